The monoisotopic (exact) mass is 117 g/mol. The van der Waals surface area contributed by atoms with Gasteiger partial charge in [0.05, 0.1) is 11.0 Å². The quantitative estimate of drug-likeness (QED) is 0.310. The SMILES string of the molecule is O=C(O)C=C[N+](=O)[O-]. The standard InChI is InChI=1S/C3H3NO4/c5-3(6)1-2-4(7)8/h1-2H,(H,5,6). The zero-order valence-electron chi connectivity index (χ0n) is 3.77. The van der Waals surface area contributed by atoms with Gasteiger partial charge in [0.25, 0.3) is 0 Å². The molecule has 44 valence electrons. The highest BCUT2D eigenvalue weighted by Gasteiger charge is 1.89. The number of carboxylic acid groups (broad SMARTS) is 1. The number of hydrogen-bond acceptors (Lipinski definition) is 3. The zero-order chi connectivity index (χ0) is 6.57. The molecule has 0 rings (SSSR count). The van der Waals surface area contributed by atoms with Gasteiger partial charge in [0.1, 0.15) is 0 Å². The van der Waals surface area contributed by atoms with Gasteiger partial charge in [0, 0.05) is 0 Å². The fourth-order valence-electron chi connectivity index (χ4n) is 0.125. The van der Waals surface area contributed by atoms with Crippen LogP contribution in [0, 0.1) is 10.1 Å². The van der Waals surface area contributed by atoms with Crippen molar-refractivity contribution in [2.24, 2.45) is 0 Å². The van der Waals surface area contributed by atoms with E-state index in [1.807, 2.05) is 0 Å². The first-order chi connectivity index (χ1) is 3.63. The van der Waals surface area contributed by atoms with Crippen molar-refractivity contribution in [2.75, 3.05) is 0 Å². The lowest BCUT2D eigenvalue weighted by molar-refractivity contribution is -0.402. The molecule has 0 fully saturated rings. The topological polar surface area (TPSA) is 80.4 Å². The molecule has 5 heteroatoms. The first-order valence-corrected chi connectivity index (χ1v) is 1.67. The van der Waals surface area contributed by atoms with E-state index in [2.05, 4.69) is 0 Å². The molecule has 8 heavy (non-hydrogen) atoms. The van der Waals surface area contributed by atoms with Crippen LogP contribution in [-0.4, -0.2) is 16.0 Å². The summed E-state index contributed by atoms with van der Waals surface area (Å²) in [7, 11) is 0. The number of carbonyl (C=O) groups is 1. The minimum atomic E-state index is -1.32. The Balaban J connectivity index is 3.67. The van der Waals surface area contributed by atoms with E-state index in [-0.39, 0.29) is 0 Å². The fourth-order valence-corrected chi connectivity index (χ4v) is 0.125. The van der Waals surface area contributed by atoms with Crippen LogP contribution >= 0.6 is 0 Å². The van der Waals surface area contributed by atoms with Gasteiger partial charge >= 0.3 is 5.97 Å². The van der Waals surface area contributed by atoms with E-state index in [9.17, 15) is 14.9 Å². The lowest BCUT2D eigenvalue weighted by atomic mass is 10.6. The van der Waals surface area contributed by atoms with E-state index in [1.54, 1.807) is 0 Å². The highest BCUT2D eigenvalue weighted by atomic mass is 16.6. The normalized spacial score (nSPS) is 9.50. The summed E-state index contributed by atoms with van der Waals surface area (Å²) < 4.78 is 0. The van der Waals surface area contributed by atoms with Crippen LogP contribution in [0.25, 0.3) is 0 Å². The Morgan fingerprint density at radius 3 is 2.38 bits per heavy atom. The molecule has 1 N–H and O–H groups in total. The molecule has 0 heterocycles. The summed E-state index contributed by atoms with van der Waals surface area (Å²) in [5.41, 5.74) is 0. The Bertz CT molecular complexity index is 122. The van der Waals surface area contributed by atoms with E-state index >= 15 is 0 Å². The molecule has 0 amide bonds. The highest BCUT2D eigenvalue weighted by Crippen LogP contribution is 1.71. The third-order valence-electron chi connectivity index (χ3n) is 0.339. The van der Waals surface area contributed by atoms with Gasteiger partial charge in [-0.2, -0.15) is 0 Å². The average Bonchev–Trinajstić information content (AvgIpc) is 1.61. The molecular formula is C3H3NO4. The molecule has 0 saturated heterocycles. The molecule has 0 aromatic heterocycles. The molecule has 0 bridgehead atoms. The van der Waals surface area contributed by atoms with Crippen LogP contribution in [0.4, 0.5) is 0 Å². The van der Waals surface area contributed by atoms with Crippen LogP contribution < -0.4 is 0 Å². The van der Waals surface area contributed by atoms with Crippen molar-refractivity contribution in [2.45, 2.75) is 0 Å². The summed E-state index contributed by atoms with van der Waals surface area (Å²) in [6.07, 6.45) is 0.822. The van der Waals surface area contributed by atoms with Crippen LogP contribution in [0.5, 0.6) is 0 Å². The van der Waals surface area contributed by atoms with Gasteiger partial charge in [-0.1, -0.05) is 0 Å². The first-order valence-electron chi connectivity index (χ1n) is 1.67. The minimum Gasteiger partial charge on any atom is -0.478 e. The van der Waals surface area contributed by atoms with Crippen LogP contribution in [0.1, 0.15) is 0 Å². The van der Waals surface area contributed by atoms with E-state index in [0.29, 0.717) is 12.3 Å². The second-order valence-electron chi connectivity index (χ2n) is 0.939. The Morgan fingerprint density at radius 2 is 2.25 bits per heavy atom. The van der Waals surface area contributed by atoms with Gasteiger partial charge in [0.15, 0.2) is 0 Å². The molecule has 0 aromatic carbocycles. The number of nitro groups is 1. The molecule has 0 spiro atoms. The molecule has 0 aliphatic heterocycles. The maximum absolute atomic E-state index is 9.51. The Morgan fingerprint density at radius 1 is 1.75 bits per heavy atom. The number of rotatable bonds is 2. The summed E-state index contributed by atoms with van der Waals surface area (Å²) in [6, 6.07) is 0. The molecule has 0 aliphatic rings. The number of hydrogen-bond donors (Lipinski definition) is 1. The van der Waals surface area contributed by atoms with Gasteiger partial charge in [-0.25, -0.2) is 4.79 Å². The summed E-state index contributed by atoms with van der Waals surface area (Å²) in [5, 5.41) is 17.1. The zero-order valence-corrected chi connectivity index (χ0v) is 3.77. The van der Waals surface area contributed by atoms with Crippen molar-refractivity contribution >= 4 is 5.97 Å². The van der Waals surface area contributed by atoms with Gasteiger partial charge in [-0.3, -0.25) is 10.1 Å². The fraction of sp³-hybridized carbons (Fsp3) is 0. The third kappa shape index (κ3) is 4.61. The second kappa shape index (κ2) is 2.73. The maximum Gasteiger partial charge on any atom is 0.334 e. The Kier molecular flexibility index (Phi) is 2.25. The molecule has 0 saturated carbocycles. The minimum absolute atomic E-state index is 0.363. The summed E-state index contributed by atoms with van der Waals surface area (Å²) in [6.45, 7) is 0. The molecule has 0 aromatic rings. The second-order valence-corrected chi connectivity index (χ2v) is 0.939. The smallest absolute Gasteiger partial charge is 0.334 e. The van der Waals surface area contributed by atoms with Crippen molar-refractivity contribution in [3.63, 3.8) is 0 Å². The molecule has 0 atom stereocenters. The number of aliphatic carboxylic acids is 1. The molecule has 5 nitrogen and oxygen atoms in total. The summed E-state index contributed by atoms with van der Waals surface area (Å²) >= 11 is 0. The van der Waals surface area contributed by atoms with Gasteiger partial charge in [-0.05, 0) is 0 Å². The predicted octanol–water partition coefficient (Wildman–Crippen LogP) is -0.139. The number of nitrogens with zero attached hydrogens (tertiary/aromatic N) is 1. The van der Waals surface area contributed by atoms with Crippen molar-refractivity contribution in [3.05, 3.63) is 22.4 Å². The van der Waals surface area contributed by atoms with Crippen LogP contribution in [0.3, 0.4) is 0 Å². The average molecular weight is 117 g/mol. The first kappa shape index (κ1) is 6.61. The molecule has 0 aliphatic carbocycles. The third-order valence-corrected chi connectivity index (χ3v) is 0.339. The molecule has 0 unspecified atom stereocenters. The molecular weight excluding hydrogens is 114 g/mol. The lowest BCUT2D eigenvalue weighted by Crippen LogP contribution is -1.90. The van der Waals surface area contributed by atoms with Gasteiger partial charge in [-0.15, -0.1) is 0 Å². The maximum atomic E-state index is 9.51. The van der Waals surface area contributed by atoms with Crippen LogP contribution in [-0.2, 0) is 4.79 Å². The lowest BCUT2D eigenvalue weighted by Gasteiger charge is -1.73. The van der Waals surface area contributed by atoms with Gasteiger partial charge < -0.3 is 5.11 Å². The van der Waals surface area contributed by atoms with E-state index in [0.717, 1.165) is 0 Å². The Hall–Kier alpha value is -1.39. The summed E-state index contributed by atoms with van der Waals surface area (Å²) in [5.74, 6) is -1.32. The van der Waals surface area contributed by atoms with Crippen LogP contribution in [0.2, 0.25) is 0 Å². The Labute approximate surface area is 44.4 Å². The molecule has 0 radical (unpaired) electrons. The number of carboxylic acids is 1. The predicted molar refractivity (Wildman–Crippen MR) is 23.8 cm³/mol. The van der Waals surface area contributed by atoms with E-state index in [1.165, 1.54) is 0 Å². The van der Waals surface area contributed by atoms with E-state index in [4.69, 9.17) is 5.11 Å². The van der Waals surface area contributed by atoms with Crippen molar-refractivity contribution in [1.82, 2.24) is 0 Å². The van der Waals surface area contributed by atoms with E-state index < -0.39 is 10.9 Å². The van der Waals surface area contributed by atoms with Crippen LogP contribution in [0.15, 0.2) is 12.3 Å². The van der Waals surface area contributed by atoms with Crippen molar-refractivity contribution in [1.29, 1.82) is 0 Å². The highest BCUT2D eigenvalue weighted by molar-refractivity contribution is 5.79. The van der Waals surface area contributed by atoms with Crippen molar-refractivity contribution in [3.8, 4) is 0 Å². The van der Waals surface area contributed by atoms with Gasteiger partial charge in [0.2, 0.25) is 6.20 Å². The van der Waals surface area contributed by atoms with Crippen molar-refractivity contribution < 1.29 is 14.8 Å². The summed E-state index contributed by atoms with van der Waals surface area (Å²) in [4.78, 5) is 18.0. The largest absolute Gasteiger partial charge is 0.478 e.